The van der Waals surface area contributed by atoms with Crippen LogP contribution in [0.5, 0.6) is 5.75 Å². The summed E-state index contributed by atoms with van der Waals surface area (Å²) < 4.78 is 5.26. The van der Waals surface area contributed by atoms with Gasteiger partial charge in [0.05, 0.1) is 20.1 Å². The van der Waals surface area contributed by atoms with Crippen molar-refractivity contribution in [1.82, 2.24) is 9.80 Å². The van der Waals surface area contributed by atoms with E-state index in [9.17, 15) is 9.59 Å². The number of urea groups is 1. The number of methoxy groups -OCH3 is 1. The van der Waals surface area contributed by atoms with Crippen molar-refractivity contribution < 1.29 is 19.4 Å². The number of benzene rings is 1. The first-order valence-electron chi connectivity index (χ1n) is 6.83. The molecule has 0 heterocycles. The number of carbonyl (C=O) groups excluding carboxylic acids is 1. The summed E-state index contributed by atoms with van der Waals surface area (Å²) in [7, 11) is 3.28. The smallest absolute Gasteiger partial charge is 0.320 e. The van der Waals surface area contributed by atoms with Gasteiger partial charge in [-0.05, 0) is 13.0 Å². The van der Waals surface area contributed by atoms with Crippen LogP contribution < -0.4 is 4.74 Å². The molecule has 0 atom stereocenters. The van der Waals surface area contributed by atoms with Gasteiger partial charge in [0.2, 0.25) is 0 Å². The molecule has 1 aromatic rings. The number of hydrogen-bond donors (Lipinski definition) is 1. The number of rotatable bonds is 7. The van der Waals surface area contributed by atoms with Gasteiger partial charge in [0, 0.05) is 25.7 Å². The Morgan fingerprint density at radius 3 is 2.52 bits per heavy atom. The highest BCUT2D eigenvalue weighted by atomic mass is 16.5. The van der Waals surface area contributed by atoms with E-state index in [-0.39, 0.29) is 19.0 Å². The van der Waals surface area contributed by atoms with E-state index in [1.54, 1.807) is 19.1 Å². The van der Waals surface area contributed by atoms with Crippen molar-refractivity contribution in [2.24, 2.45) is 0 Å². The molecular weight excluding hydrogens is 272 g/mol. The zero-order valence-corrected chi connectivity index (χ0v) is 12.7. The zero-order chi connectivity index (χ0) is 15.8. The van der Waals surface area contributed by atoms with Crippen LogP contribution in [0.25, 0.3) is 0 Å². The SMILES string of the molecule is CCN(CCC(=O)O)C(=O)N(C)Cc1ccccc1OC. The highest BCUT2D eigenvalue weighted by molar-refractivity contribution is 5.75. The van der Waals surface area contributed by atoms with Crippen LogP contribution in [-0.2, 0) is 11.3 Å². The van der Waals surface area contributed by atoms with Gasteiger partial charge in [-0.25, -0.2) is 4.79 Å². The molecule has 2 amide bonds. The molecule has 1 N–H and O–H groups in total. The van der Waals surface area contributed by atoms with Crippen molar-refractivity contribution in [3.63, 3.8) is 0 Å². The molecule has 0 aliphatic rings. The summed E-state index contributed by atoms with van der Waals surface area (Å²) in [5.74, 6) is -0.181. The van der Waals surface area contributed by atoms with Crippen molar-refractivity contribution in [3.8, 4) is 5.75 Å². The molecule has 0 aliphatic heterocycles. The van der Waals surface area contributed by atoms with E-state index in [2.05, 4.69) is 0 Å². The van der Waals surface area contributed by atoms with E-state index < -0.39 is 5.97 Å². The molecule has 1 aromatic carbocycles. The third-order valence-corrected chi connectivity index (χ3v) is 3.17. The molecule has 21 heavy (non-hydrogen) atoms. The number of nitrogens with zero attached hydrogens (tertiary/aromatic N) is 2. The number of aliphatic carboxylic acids is 1. The molecule has 6 heteroatoms. The minimum atomic E-state index is -0.909. The fourth-order valence-electron chi connectivity index (χ4n) is 2.02. The van der Waals surface area contributed by atoms with Gasteiger partial charge in [0.25, 0.3) is 0 Å². The van der Waals surface area contributed by atoms with Gasteiger partial charge >= 0.3 is 12.0 Å². The Hall–Kier alpha value is -2.24. The third-order valence-electron chi connectivity index (χ3n) is 3.17. The quantitative estimate of drug-likeness (QED) is 0.835. The molecule has 116 valence electrons. The normalized spacial score (nSPS) is 10.0. The Kier molecular flexibility index (Phi) is 6.52. The largest absolute Gasteiger partial charge is 0.496 e. The lowest BCUT2D eigenvalue weighted by atomic mass is 10.2. The Bertz CT molecular complexity index is 490. The topological polar surface area (TPSA) is 70.1 Å². The van der Waals surface area contributed by atoms with Crippen molar-refractivity contribution in [3.05, 3.63) is 29.8 Å². The molecule has 0 unspecified atom stereocenters. The number of hydrogen-bond acceptors (Lipinski definition) is 3. The number of carboxylic acids is 1. The van der Waals surface area contributed by atoms with Crippen LogP contribution in [0.15, 0.2) is 24.3 Å². The van der Waals surface area contributed by atoms with Gasteiger partial charge in [0.1, 0.15) is 5.75 Å². The van der Waals surface area contributed by atoms with Crippen molar-refractivity contribution in [1.29, 1.82) is 0 Å². The Balaban J connectivity index is 2.70. The minimum Gasteiger partial charge on any atom is -0.496 e. The Morgan fingerprint density at radius 1 is 1.29 bits per heavy atom. The van der Waals surface area contributed by atoms with Gasteiger partial charge in [-0.1, -0.05) is 18.2 Å². The van der Waals surface area contributed by atoms with Crippen LogP contribution in [0, 0.1) is 0 Å². The second-order valence-corrected chi connectivity index (χ2v) is 4.67. The first-order chi connectivity index (χ1) is 9.99. The van der Waals surface area contributed by atoms with Gasteiger partial charge in [-0.3, -0.25) is 4.79 Å². The fraction of sp³-hybridized carbons (Fsp3) is 0.467. The van der Waals surface area contributed by atoms with E-state index in [1.165, 1.54) is 4.90 Å². The highest BCUT2D eigenvalue weighted by Crippen LogP contribution is 2.19. The lowest BCUT2D eigenvalue weighted by Crippen LogP contribution is -2.41. The number of carboxylic acid groups (broad SMARTS) is 1. The molecule has 0 aliphatic carbocycles. The van der Waals surface area contributed by atoms with E-state index >= 15 is 0 Å². The first-order valence-corrected chi connectivity index (χ1v) is 6.83. The summed E-state index contributed by atoms with van der Waals surface area (Å²) in [4.78, 5) is 26.0. The highest BCUT2D eigenvalue weighted by Gasteiger charge is 2.18. The number of ether oxygens (including phenoxy) is 1. The van der Waals surface area contributed by atoms with Crippen molar-refractivity contribution in [2.45, 2.75) is 19.9 Å². The third kappa shape index (κ3) is 4.98. The van der Waals surface area contributed by atoms with Gasteiger partial charge in [0.15, 0.2) is 0 Å². The number of para-hydroxylation sites is 1. The molecular formula is C15H22N2O4. The van der Waals surface area contributed by atoms with Crippen LogP contribution >= 0.6 is 0 Å². The summed E-state index contributed by atoms with van der Waals surface area (Å²) in [5, 5.41) is 8.71. The average Bonchev–Trinajstić information content (AvgIpc) is 2.47. The Labute approximate surface area is 124 Å². The van der Waals surface area contributed by atoms with E-state index in [0.717, 1.165) is 11.3 Å². The molecule has 0 radical (unpaired) electrons. The van der Waals surface area contributed by atoms with Gasteiger partial charge in [-0.15, -0.1) is 0 Å². The lowest BCUT2D eigenvalue weighted by molar-refractivity contribution is -0.137. The average molecular weight is 294 g/mol. The molecule has 0 bridgehead atoms. The Morgan fingerprint density at radius 2 is 1.95 bits per heavy atom. The molecule has 0 aromatic heterocycles. The zero-order valence-electron chi connectivity index (χ0n) is 12.7. The monoisotopic (exact) mass is 294 g/mol. The second-order valence-electron chi connectivity index (χ2n) is 4.67. The van der Waals surface area contributed by atoms with E-state index in [0.29, 0.717) is 13.1 Å². The summed E-state index contributed by atoms with van der Waals surface area (Å²) in [6.45, 7) is 2.92. The van der Waals surface area contributed by atoms with Crippen molar-refractivity contribution in [2.75, 3.05) is 27.2 Å². The van der Waals surface area contributed by atoms with Crippen LogP contribution in [0.1, 0.15) is 18.9 Å². The summed E-state index contributed by atoms with van der Waals surface area (Å²) in [5.41, 5.74) is 0.908. The molecule has 0 spiro atoms. The molecule has 6 nitrogen and oxygen atoms in total. The van der Waals surface area contributed by atoms with Crippen molar-refractivity contribution >= 4 is 12.0 Å². The first kappa shape index (κ1) is 16.8. The standard InChI is InChI=1S/C15H22N2O4/c1-4-17(10-9-14(18)19)15(20)16(2)11-12-7-5-6-8-13(12)21-3/h5-8H,4,9-11H2,1-3H3,(H,18,19). The van der Waals surface area contributed by atoms with E-state index in [1.807, 2.05) is 31.2 Å². The van der Waals surface area contributed by atoms with E-state index in [4.69, 9.17) is 9.84 Å². The number of amides is 2. The van der Waals surface area contributed by atoms with Gasteiger partial charge < -0.3 is 19.6 Å². The van der Waals surface area contributed by atoms with Gasteiger partial charge in [-0.2, -0.15) is 0 Å². The van der Waals surface area contributed by atoms with Crippen LogP contribution in [0.4, 0.5) is 4.79 Å². The molecule has 0 saturated carbocycles. The minimum absolute atomic E-state index is 0.0535. The number of carbonyl (C=O) groups is 2. The second kappa shape index (κ2) is 8.14. The fourth-order valence-corrected chi connectivity index (χ4v) is 2.02. The van der Waals surface area contributed by atoms with Crippen LogP contribution in [0.3, 0.4) is 0 Å². The predicted molar refractivity (Wildman–Crippen MR) is 79.4 cm³/mol. The summed E-state index contributed by atoms with van der Waals surface area (Å²) in [6.07, 6.45) is -0.0535. The maximum atomic E-state index is 12.3. The molecule has 0 fully saturated rings. The maximum absolute atomic E-state index is 12.3. The van der Waals surface area contributed by atoms with Crippen LogP contribution in [-0.4, -0.2) is 54.2 Å². The predicted octanol–water partition coefficient (Wildman–Crippen LogP) is 2.04. The molecule has 0 saturated heterocycles. The molecule has 1 rings (SSSR count). The maximum Gasteiger partial charge on any atom is 0.320 e. The summed E-state index contributed by atoms with van der Waals surface area (Å²) in [6, 6.07) is 7.31. The lowest BCUT2D eigenvalue weighted by Gasteiger charge is -2.27. The summed E-state index contributed by atoms with van der Waals surface area (Å²) >= 11 is 0. The van der Waals surface area contributed by atoms with Crippen LogP contribution in [0.2, 0.25) is 0 Å².